The molecule has 1 aliphatic heterocycles. The second-order valence-corrected chi connectivity index (χ2v) is 10.1. The van der Waals surface area contributed by atoms with E-state index in [1.54, 1.807) is 18.2 Å². The number of sulfone groups is 1. The van der Waals surface area contributed by atoms with Crippen LogP contribution in [-0.2, 0) is 18.8 Å². The molecule has 0 radical (unpaired) electrons. The maximum absolute atomic E-state index is 13.6. The van der Waals surface area contributed by atoms with Crippen molar-refractivity contribution in [2.75, 3.05) is 20.0 Å². The zero-order valence-corrected chi connectivity index (χ0v) is 17.5. The van der Waals surface area contributed by atoms with Crippen LogP contribution in [0.25, 0.3) is 0 Å². The monoisotopic (exact) mass is 442 g/mol. The minimum absolute atomic E-state index is 0.0665. The molecule has 2 aromatic rings. The highest BCUT2D eigenvalue weighted by Crippen LogP contribution is 2.48. The van der Waals surface area contributed by atoms with Gasteiger partial charge in [0.1, 0.15) is 0 Å². The second kappa shape index (κ2) is 7.82. The standard InChI is InChI=1S/C18H19ClN2O5S2/c1-25-15-8-3-11(9-16(15)26-2)18(21-14(10-27-18)17(20)22)28(23,24)13-6-4-12(19)5-7-13/h3-9,14,21H,10H2,1-2H3,(H2,20,22). The van der Waals surface area contributed by atoms with E-state index < -0.39 is 26.0 Å². The number of halogens is 1. The third-order valence-electron chi connectivity index (χ3n) is 4.43. The number of hydrogen-bond acceptors (Lipinski definition) is 7. The van der Waals surface area contributed by atoms with Crippen molar-refractivity contribution in [3.63, 3.8) is 0 Å². The Morgan fingerprint density at radius 1 is 1.18 bits per heavy atom. The van der Waals surface area contributed by atoms with Crippen molar-refractivity contribution >= 4 is 39.1 Å². The molecule has 0 aliphatic carbocycles. The molecule has 2 aromatic carbocycles. The summed E-state index contributed by atoms with van der Waals surface area (Å²) in [5, 5.41) is 3.35. The number of nitrogens with one attached hydrogen (secondary N) is 1. The molecule has 0 bridgehead atoms. The molecule has 1 aliphatic rings. The van der Waals surface area contributed by atoms with Crippen molar-refractivity contribution in [3.05, 3.63) is 53.1 Å². The minimum atomic E-state index is -3.99. The van der Waals surface area contributed by atoms with E-state index in [1.165, 1.54) is 38.5 Å². The fourth-order valence-electron chi connectivity index (χ4n) is 2.96. The summed E-state index contributed by atoms with van der Waals surface area (Å²) in [5.41, 5.74) is 5.83. The molecule has 1 amide bonds. The highest BCUT2D eigenvalue weighted by Gasteiger charge is 2.53. The summed E-state index contributed by atoms with van der Waals surface area (Å²) in [7, 11) is -1.04. The molecular formula is C18H19ClN2O5S2. The van der Waals surface area contributed by atoms with Gasteiger partial charge in [0.2, 0.25) is 15.7 Å². The molecule has 0 aromatic heterocycles. The fourth-order valence-corrected chi connectivity index (χ4v) is 6.93. The molecule has 28 heavy (non-hydrogen) atoms. The summed E-state index contributed by atoms with van der Waals surface area (Å²) in [6.07, 6.45) is 0. The molecule has 0 saturated carbocycles. The van der Waals surface area contributed by atoms with Crippen molar-refractivity contribution in [1.82, 2.24) is 5.32 Å². The maximum Gasteiger partial charge on any atom is 0.235 e. The third-order valence-corrected chi connectivity index (χ3v) is 8.95. The van der Waals surface area contributed by atoms with Crippen LogP contribution in [0.3, 0.4) is 0 Å². The fraction of sp³-hybridized carbons (Fsp3) is 0.278. The van der Waals surface area contributed by atoms with Gasteiger partial charge in [-0.15, -0.1) is 11.8 Å². The summed E-state index contributed by atoms with van der Waals surface area (Å²) >= 11 is 6.99. The Hall–Kier alpha value is -1.94. The van der Waals surface area contributed by atoms with Gasteiger partial charge < -0.3 is 15.2 Å². The minimum Gasteiger partial charge on any atom is -0.493 e. The van der Waals surface area contributed by atoms with E-state index in [2.05, 4.69) is 5.32 Å². The topological polar surface area (TPSA) is 108 Å². The van der Waals surface area contributed by atoms with Gasteiger partial charge in [-0.05, 0) is 36.4 Å². The molecule has 3 rings (SSSR count). The smallest absolute Gasteiger partial charge is 0.235 e. The number of methoxy groups -OCH3 is 2. The van der Waals surface area contributed by atoms with Crippen molar-refractivity contribution in [1.29, 1.82) is 0 Å². The largest absolute Gasteiger partial charge is 0.493 e. The van der Waals surface area contributed by atoms with Gasteiger partial charge in [-0.1, -0.05) is 17.7 Å². The number of nitrogens with two attached hydrogens (primary N) is 1. The van der Waals surface area contributed by atoms with Gasteiger partial charge in [-0.25, -0.2) is 8.42 Å². The first kappa shape index (κ1) is 20.8. The lowest BCUT2D eigenvalue weighted by Gasteiger charge is -2.30. The van der Waals surface area contributed by atoms with Gasteiger partial charge in [0.15, 0.2) is 15.7 Å². The molecule has 2 unspecified atom stereocenters. The first-order valence-electron chi connectivity index (χ1n) is 8.19. The zero-order valence-electron chi connectivity index (χ0n) is 15.1. The number of carbonyl (C=O) groups is 1. The number of hydrogen-bond donors (Lipinski definition) is 2. The van der Waals surface area contributed by atoms with E-state index in [0.717, 1.165) is 11.8 Å². The second-order valence-electron chi connectivity index (χ2n) is 6.05. The Morgan fingerprint density at radius 3 is 2.36 bits per heavy atom. The van der Waals surface area contributed by atoms with E-state index in [-0.39, 0.29) is 10.6 Å². The highest BCUT2D eigenvalue weighted by atomic mass is 35.5. The van der Waals surface area contributed by atoms with Crippen LogP contribution in [0.15, 0.2) is 47.4 Å². The molecule has 150 valence electrons. The predicted molar refractivity (Wildman–Crippen MR) is 108 cm³/mol. The number of amides is 1. The van der Waals surface area contributed by atoms with Crippen LogP contribution >= 0.6 is 23.4 Å². The Labute approximate surface area is 172 Å². The summed E-state index contributed by atoms with van der Waals surface area (Å²) in [6.45, 7) is 0. The van der Waals surface area contributed by atoms with Crippen LogP contribution in [0.2, 0.25) is 5.02 Å². The number of rotatable bonds is 6. The first-order valence-corrected chi connectivity index (χ1v) is 11.0. The van der Waals surface area contributed by atoms with E-state index in [0.29, 0.717) is 22.1 Å². The lowest BCUT2D eigenvalue weighted by Crippen LogP contribution is -2.49. The van der Waals surface area contributed by atoms with E-state index >= 15 is 0 Å². The van der Waals surface area contributed by atoms with Gasteiger partial charge >= 0.3 is 0 Å². The number of primary amides is 1. The van der Waals surface area contributed by atoms with Crippen LogP contribution in [0.1, 0.15) is 5.56 Å². The third kappa shape index (κ3) is 3.43. The average molecular weight is 443 g/mol. The van der Waals surface area contributed by atoms with Crippen LogP contribution in [0.5, 0.6) is 11.5 Å². The van der Waals surface area contributed by atoms with Gasteiger partial charge in [0.05, 0.1) is 25.2 Å². The number of thioether (sulfide) groups is 1. The van der Waals surface area contributed by atoms with Gasteiger partial charge in [-0.3, -0.25) is 10.1 Å². The van der Waals surface area contributed by atoms with Crippen molar-refractivity contribution in [3.8, 4) is 11.5 Å². The predicted octanol–water partition coefficient (Wildman–Crippen LogP) is 2.13. The van der Waals surface area contributed by atoms with Gasteiger partial charge in [0.25, 0.3) is 0 Å². The van der Waals surface area contributed by atoms with Crippen LogP contribution < -0.4 is 20.5 Å². The molecule has 3 N–H and O–H groups in total. The summed E-state index contributed by atoms with van der Waals surface area (Å²) in [4.78, 5) is 11.8. The average Bonchev–Trinajstić information content (AvgIpc) is 3.15. The Balaban J connectivity index is 2.20. The number of carbonyl (C=O) groups excluding carboxylic acids is 1. The molecule has 7 nitrogen and oxygen atoms in total. The SMILES string of the molecule is COc1ccc(C2(S(=O)(=O)c3ccc(Cl)cc3)NC(C(N)=O)CS2)cc1OC. The van der Waals surface area contributed by atoms with Crippen LogP contribution in [0.4, 0.5) is 0 Å². The summed E-state index contributed by atoms with van der Waals surface area (Å²) in [6, 6.07) is 9.88. The van der Waals surface area contributed by atoms with E-state index in [4.69, 9.17) is 26.8 Å². The van der Waals surface area contributed by atoms with Crippen LogP contribution in [-0.4, -0.2) is 40.3 Å². The summed E-state index contributed by atoms with van der Waals surface area (Å²) < 4.78 is 36.2. The first-order chi connectivity index (χ1) is 13.2. The molecule has 0 spiro atoms. The van der Waals surface area contributed by atoms with Gasteiger partial charge in [0, 0.05) is 16.3 Å². The lowest BCUT2D eigenvalue weighted by molar-refractivity contribution is -0.119. The van der Waals surface area contributed by atoms with Crippen molar-refractivity contribution in [2.24, 2.45) is 5.73 Å². The Kier molecular flexibility index (Phi) is 5.81. The Bertz CT molecular complexity index is 998. The zero-order chi connectivity index (χ0) is 20.5. The van der Waals surface area contributed by atoms with E-state index in [9.17, 15) is 13.2 Å². The number of benzene rings is 2. The van der Waals surface area contributed by atoms with Gasteiger partial charge in [-0.2, -0.15) is 0 Å². The van der Waals surface area contributed by atoms with E-state index in [1.807, 2.05) is 0 Å². The highest BCUT2D eigenvalue weighted by molar-refractivity contribution is 8.14. The lowest BCUT2D eigenvalue weighted by atomic mass is 10.1. The Morgan fingerprint density at radius 2 is 1.82 bits per heavy atom. The molecular weight excluding hydrogens is 424 g/mol. The molecule has 1 saturated heterocycles. The molecule has 1 heterocycles. The molecule has 2 atom stereocenters. The maximum atomic E-state index is 13.6. The molecule has 10 heteroatoms. The number of ether oxygens (including phenoxy) is 2. The quantitative estimate of drug-likeness (QED) is 0.705. The normalized spacial score (nSPS) is 22.0. The van der Waals surface area contributed by atoms with Crippen molar-refractivity contribution < 1.29 is 22.7 Å². The van der Waals surface area contributed by atoms with Crippen molar-refractivity contribution in [2.45, 2.75) is 15.1 Å². The summed E-state index contributed by atoms with van der Waals surface area (Å²) in [5.74, 6) is 0.410. The van der Waals surface area contributed by atoms with Crippen LogP contribution in [0, 0.1) is 0 Å². The molecule has 1 fully saturated rings.